The average Bonchev–Trinajstić information content (AvgIpc) is 2.32. The molecule has 0 bridgehead atoms. The summed E-state index contributed by atoms with van der Waals surface area (Å²) in [6.07, 6.45) is 2.80. The van der Waals surface area contributed by atoms with Crippen LogP contribution < -0.4 is 5.32 Å². The number of rotatable bonds is 6. The largest absolute Gasteiger partial charge is 0.356 e. The summed E-state index contributed by atoms with van der Waals surface area (Å²) in [6.45, 7) is 2.50. The Bertz CT molecular complexity index is 418. The first-order valence-electron chi connectivity index (χ1n) is 5.86. The van der Waals surface area contributed by atoms with Crippen LogP contribution in [0.1, 0.15) is 18.9 Å². The van der Waals surface area contributed by atoms with E-state index < -0.39 is 10.8 Å². The van der Waals surface area contributed by atoms with Crippen molar-refractivity contribution < 1.29 is 9.00 Å². The summed E-state index contributed by atoms with van der Waals surface area (Å²) in [4.78, 5) is 12.5. The van der Waals surface area contributed by atoms with Crippen LogP contribution in [-0.2, 0) is 22.0 Å². The Kier molecular flexibility index (Phi) is 6.43. The summed E-state index contributed by atoms with van der Waals surface area (Å²) in [5.74, 6) is -0.00370. The monoisotopic (exact) mass is 285 g/mol. The molecular weight excluding hydrogens is 266 g/mol. The predicted molar refractivity (Wildman–Crippen MR) is 78.6 cm³/mol. The number of carbonyl (C=O) groups is 1. The summed E-state index contributed by atoms with van der Waals surface area (Å²) in [5, 5.41) is 2.96. The van der Waals surface area contributed by atoms with Gasteiger partial charge >= 0.3 is 0 Å². The molecule has 1 aromatic rings. The molecule has 1 N–H and O–H groups in total. The topological polar surface area (TPSA) is 46.2 Å². The SMILES string of the molecule is CC(CCNC(=O)Cc1ccc(S)cc1)S(C)=O. The summed E-state index contributed by atoms with van der Waals surface area (Å²) in [5.41, 5.74) is 0.970. The predicted octanol–water partition coefficient (Wildman–Crippen LogP) is 1.79. The first-order valence-corrected chi connectivity index (χ1v) is 7.92. The van der Waals surface area contributed by atoms with Crippen LogP contribution in [0.25, 0.3) is 0 Å². The van der Waals surface area contributed by atoms with Crippen molar-refractivity contribution in [3.63, 3.8) is 0 Å². The van der Waals surface area contributed by atoms with Gasteiger partial charge in [-0.1, -0.05) is 19.1 Å². The quantitative estimate of drug-likeness (QED) is 0.783. The van der Waals surface area contributed by atoms with Gasteiger partial charge in [0, 0.05) is 33.7 Å². The molecule has 0 aliphatic rings. The average molecular weight is 285 g/mol. The van der Waals surface area contributed by atoms with E-state index in [9.17, 15) is 9.00 Å². The molecular formula is C13H19NO2S2. The zero-order valence-electron chi connectivity index (χ0n) is 10.7. The van der Waals surface area contributed by atoms with E-state index in [0.717, 1.165) is 16.9 Å². The van der Waals surface area contributed by atoms with Crippen LogP contribution in [0.4, 0.5) is 0 Å². The van der Waals surface area contributed by atoms with E-state index in [1.165, 1.54) is 0 Å². The molecule has 0 fully saturated rings. The maximum absolute atomic E-state index is 11.6. The molecule has 0 heterocycles. The van der Waals surface area contributed by atoms with Gasteiger partial charge < -0.3 is 5.32 Å². The van der Waals surface area contributed by atoms with Crippen LogP contribution in [0.5, 0.6) is 0 Å². The minimum Gasteiger partial charge on any atom is -0.356 e. The highest BCUT2D eigenvalue weighted by molar-refractivity contribution is 7.84. The number of nitrogens with one attached hydrogen (secondary N) is 1. The van der Waals surface area contributed by atoms with Crippen LogP contribution >= 0.6 is 12.6 Å². The zero-order valence-corrected chi connectivity index (χ0v) is 12.4. The molecule has 0 spiro atoms. The Morgan fingerprint density at radius 1 is 1.39 bits per heavy atom. The summed E-state index contributed by atoms with van der Waals surface area (Å²) >= 11 is 4.19. The lowest BCUT2D eigenvalue weighted by molar-refractivity contribution is -0.120. The molecule has 1 rings (SSSR count). The Labute approximate surface area is 116 Å². The fourth-order valence-electron chi connectivity index (χ4n) is 1.44. The van der Waals surface area contributed by atoms with E-state index in [0.29, 0.717) is 13.0 Å². The second-order valence-corrected chi connectivity index (χ2v) is 6.61. The van der Waals surface area contributed by atoms with Gasteiger partial charge in [0.25, 0.3) is 0 Å². The van der Waals surface area contributed by atoms with Gasteiger partial charge in [-0.2, -0.15) is 0 Å². The maximum Gasteiger partial charge on any atom is 0.224 e. The van der Waals surface area contributed by atoms with E-state index in [-0.39, 0.29) is 11.2 Å². The molecule has 0 aromatic heterocycles. The second-order valence-electron chi connectivity index (χ2n) is 4.29. The van der Waals surface area contributed by atoms with Gasteiger partial charge in [0.1, 0.15) is 0 Å². The van der Waals surface area contributed by atoms with Gasteiger partial charge in [0.05, 0.1) is 6.42 Å². The summed E-state index contributed by atoms with van der Waals surface area (Å²) in [6, 6.07) is 7.53. The van der Waals surface area contributed by atoms with Crippen molar-refractivity contribution in [2.45, 2.75) is 29.9 Å². The van der Waals surface area contributed by atoms with Crippen molar-refractivity contribution in [2.75, 3.05) is 12.8 Å². The lowest BCUT2D eigenvalue weighted by Gasteiger charge is -2.09. The molecule has 1 aromatic carbocycles. The molecule has 100 valence electrons. The van der Waals surface area contributed by atoms with Crippen molar-refractivity contribution in [3.8, 4) is 0 Å². The Hall–Kier alpha value is -0.810. The fourth-order valence-corrected chi connectivity index (χ4v) is 2.04. The molecule has 5 heteroatoms. The molecule has 0 saturated heterocycles. The molecule has 2 atom stereocenters. The fraction of sp³-hybridized carbons (Fsp3) is 0.462. The van der Waals surface area contributed by atoms with Crippen molar-refractivity contribution in [2.24, 2.45) is 0 Å². The molecule has 1 amide bonds. The third kappa shape index (κ3) is 5.69. The van der Waals surface area contributed by atoms with Crippen LogP contribution in [-0.4, -0.2) is 28.2 Å². The first kappa shape index (κ1) is 15.2. The van der Waals surface area contributed by atoms with Crippen molar-refractivity contribution >= 4 is 29.3 Å². The highest BCUT2D eigenvalue weighted by atomic mass is 32.2. The van der Waals surface area contributed by atoms with E-state index in [1.54, 1.807) is 6.26 Å². The Morgan fingerprint density at radius 3 is 2.56 bits per heavy atom. The molecule has 0 saturated carbocycles. The van der Waals surface area contributed by atoms with E-state index >= 15 is 0 Å². The highest BCUT2D eigenvalue weighted by Gasteiger charge is 2.07. The van der Waals surface area contributed by atoms with Gasteiger partial charge in [-0.05, 0) is 24.1 Å². The zero-order chi connectivity index (χ0) is 13.5. The number of carbonyl (C=O) groups excluding carboxylic acids is 1. The number of hydrogen-bond acceptors (Lipinski definition) is 3. The minimum atomic E-state index is -0.825. The smallest absolute Gasteiger partial charge is 0.224 e. The standard InChI is InChI=1S/C13H19NO2S2/c1-10(18(2)16)7-8-14-13(15)9-11-3-5-12(17)6-4-11/h3-6,10,17H,7-9H2,1-2H3,(H,14,15). The number of hydrogen-bond donors (Lipinski definition) is 2. The Morgan fingerprint density at radius 2 is 2.00 bits per heavy atom. The third-order valence-electron chi connectivity index (χ3n) is 2.74. The van der Waals surface area contributed by atoms with Gasteiger partial charge in [-0.3, -0.25) is 9.00 Å². The number of amides is 1. The van der Waals surface area contributed by atoms with Crippen molar-refractivity contribution in [1.29, 1.82) is 0 Å². The van der Waals surface area contributed by atoms with Crippen LogP contribution in [0.15, 0.2) is 29.2 Å². The number of thiol groups is 1. The van der Waals surface area contributed by atoms with Gasteiger partial charge in [-0.25, -0.2) is 0 Å². The molecule has 3 nitrogen and oxygen atoms in total. The van der Waals surface area contributed by atoms with E-state index in [2.05, 4.69) is 17.9 Å². The lowest BCUT2D eigenvalue weighted by atomic mass is 10.1. The molecule has 0 aliphatic carbocycles. The van der Waals surface area contributed by atoms with Crippen molar-refractivity contribution in [3.05, 3.63) is 29.8 Å². The van der Waals surface area contributed by atoms with Gasteiger partial charge in [0.15, 0.2) is 0 Å². The summed E-state index contributed by atoms with van der Waals surface area (Å²) < 4.78 is 11.1. The van der Waals surface area contributed by atoms with Crippen LogP contribution in [0.2, 0.25) is 0 Å². The molecule has 18 heavy (non-hydrogen) atoms. The minimum absolute atomic E-state index is 0.00370. The van der Waals surface area contributed by atoms with E-state index in [4.69, 9.17) is 0 Å². The molecule has 0 aliphatic heterocycles. The highest BCUT2D eigenvalue weighted by Crippen LogP contribution is 2.08. The second kappa shape index (κ2) is 7.59. The Balaban J connectivity index is 2.30. The van der Waals surface area contributed by atoms with Crippen LogP contribution in [0, 0.1) is 0 Å². The molecule has 2 unspecified atom stereocenters. The first-order chi connectivity index (χ1) is 8.49. The number of benzene rings is 1. The molecule has 0 radical (unpaired) electrons. The van der Waals surface area contributed by atoms with Crippen LogP contribution in [0.3, 0.4) is 0 Å². The van der Waals surface area contributed by atoms with Crippen molar-refractivity contribution in [1.82, 2.24) is 5.32 Å². The summed E-state index contributed by atoms with van der Waals surface area (Å²) in [7, 11) is -0.825. The van der Waals surface area contributed by atoms with E-state index in [1.807, 2.05) is 31.2 Å². The maximum atomic E-state index is 11.6. The van der Waals surface area contributed by atoms with Gasteiger partial charge in [0.2, 0.25) is 5.91 Å². The normalized spacial score (nSPS) is 13.9. The third-order valence-corrected chi connectivity index (χ3v) is 4.41. The lowest BCUT2D eigenvalue weighted by Crippen LogP contribution is -2.28. The van der Waals surface area contributed by atoms with Gasteiger partial charge in [-0.15, -0.1) is 12.6 Å².